The molecule has 4 N–H and O–H groups in total. The van der Waals surface area contributed by atoms with Gasteiger partial charge < -0.3 is 20.9 Å². The minimum absolute atomic E-state index is 0.0575. The largest absolute Gasteiger partial charge is 0.492 e. The van der Waals surface area contributed by atoms with Crippen molar-refractivity contribution in [2.24, 2.45) is 5.41 Å². The van der Waals surface area contributed by atoms with Gasteiger partial charge in [-0.25, -0.2) is 0 Å². The molecule has 1 aromatic carbocycles. The molecule has 0 aliphatic carbocycles. The average molecular weight is 252 g/mol. The number of nitrogens with two attached hydrogens (primary N) is 1. The summed E-state index contributed by atoms with van der Waals surface area (Å²) in [6.45, 7) is 7.78. The maximum atomic E-state index is 8.99. The van der Waals surface area contributed by atoms with Crippen molar-refractivity contribution < 1.29 is 9.84 Å². The Labute approximate surface area is 109 Å². The van der Waals surface area contributed by atoms with E-state index in [0.29, 0.717) is 18.0 Å². The minimum Gasteiger partial charge on any atom is -0.492 e. The number of nitrogens with one attached hydrogen (secondary N) is 1. The lowest BCUT2D eigenvalue weighted by molar-refractivity contribution is 0.220. The summed E-state index contributed by atoms with van der Waals surface area (Å²) in [6, 6.07) is 5.69. The Kier molecular flexibility index (Phi) is 5.28. The Morgan fingerprint density at radius 3 is 2.72 bits per heavy atom. The van der Waals surface area contributed by atoms with Crippen LogP contribution < -0.4 is 15.8 Å². The first kappa shape index (κ1) is 14.6. The van der Waals surface area contributed by atoms with Gasteiger partial charge in [0.05, 0.1) is 12.3 Å². The molecule has 4 nitrogen and oxygen atoms in total. The van der Waals surface area contributed by atoms with Gasteiger partial charge in [0.15, 0.2) is 0 Å². The quantitative estimate of drug-likeness (QED) is 0.652. The van der Waals surface area contributed by atoms with Crippen LogP contribution in [0.15, 0.2) is 18.2 Å². The van der Waals surface area contributed by atoms with Gasteiger partial charge in [0.25, 0.3) is 0 Å². The van der Waals surface area contributed by atoms with Gasteiger partial charge in [0, 0.05) is 24.9 Å². The zero-order chi connectivity index (χ0) is 13.6. The van der Waals surface area contributed by atoms with Crippen LogP contribution in [0.5, 0.6) is 5.75 Å². The van der Waals surface area contributed by atoms with Crippen LogP contribution in [0.1, 0.15) is 27.2 Å². The van der Waals surface area contributed by atoms with Crippen molar-refractivity contribution in [2.45, 2.75) is 27.2 Å². The maximum Gasteiger partial charge on any atom is 0.144 e. The van der Waals surface area contributed by atoms with Crippen LogP contribution in [0, 0.1) is 5.41 Å². The molecule has 102 valence electrons. The maximum absolute atomic E-state index is 8.99. The van der Waals surface area contributed by atoms with Crippen LogP contribution in [0.4, 0.5) is 11.4 Å². The van der Waals surface area contributed by atoms with Crippen LogP contribution in [0.3, 0.4) is 0 Å². The molecule has 0 fully saturated rings. The Morgan fingerprint density at radius 2 is 2.11 bits per heavy atom. The van der Waals surface area contributed by atoms with Crippen molar-refractivity contribution in [1.82, 2.24) is 0 Å². The normalized spacial score (nSPS) is 11.3. The monoisotopic (exact) mass is 252 g/mol. The highest BCUT2D eigenvalue weighted by Gasteiger charge is 2.16. The van der Waals surface area contributed by atoms with Crippen LogP contribution in [0.2, 0.25) is 0 Å². The van der Waals surface area contributed by atoms with Crippen molar-refractivity contribution >= 4 is 11.4 Å². The Hall–Kier alpha value is -1.42. The number of ether oxygens (including phenoxy) is 1. The summed E-state index contributed by atoms with van der Waals surface area (Å²) < 4.78 is 5.45. The first-order chi connectivity index (χ1) is 8.48. The van der Waals surface area contributed by atoms with E-state index in [1.165, 1.54) is 0 Å². The summed E-state index contributed by atoms with van der Waals surface area (Å²) in [4.78, 5) is 0. The van der Waals surface area contributed by atoms with Crippen LogP contribution in [-0.2, 0) is 0 Å². The van der Waals surface area contributed by atoms with E-state index in [4.69, 9.17) is 15.6 Å². The number of aliphatic hydroxyl groups excluding tert-OH is 1. The molecule has 0 aliphatic rings. The van der Waals surface area contributed by atoms with Gasteiger partial charge in [0.1, 0.15) is 5.75 Å². The number of nitrogen functional groups attached to an aromatic ring is 1. The second kappa shape index (κ2) is 6.50. The number of rotatable bonds is 7. The molecule has 18 heavy (non-hydrogen) atoms. The lowest BCUT2D eigenvalue weighted by Crippen LogP contribution is -2.24. The van der Waals surface area contributed by atoms with E-state index < -0.39 is 0 Å². The number of benzene rings is 1. The summed E-state index contributed by atoms with van der Waals surface area (Å²) in [5.41, 5.74) is 7.51. The Morgan fingerprint density at radius 1 is 1.39 bits per heavy atom. The molecule has 0 heterocycles. The smallest absolute Gasteiger partial charge is 0.144 e. The van der Waals surface area contributed by atoms with E-state index in [9.17, 15) is 0 Å². The van der Waals surface area contributed by atoms with Gasteiger partial charge in [-0.05, 0) is 30.9 Å². The molecule has 0 saturated heterocycles. The lowest BCUT2D eigenvalue weighted by Gasteiger charge is -2.24. The van der Waals surface area contributed by atoms with Gasteiger partial charge in [0.2, 0.25) is 0 Å². The van der Waals surface area contributed by atoms with E-state index in [2.05, 4.69) is 19.2 Å². The second-order valence-electron chi connectivity index (χ2n) is 5.18. The molecule has 0 radical (unpaired) electrons. The van der Waals surface area contributed by atoms with Crippen LogP contribution >= 0.6 is 0 Å². The van der Waals surface area contributed by atoms with Crippen molar-refractivity contribution in [3.8, 4) is 5.75 Å². The van der Waals surface area contributed by atoms with Gasteiger partial charge in [-0.15, -0.1) is 0 Å². The highest BCUT2D eigenvalue weighted by molar-refractivity contribution is 5.61. The molecule has 0 atom stereocenters. The van der Waals surface area contributed by atoms with Gasteiger partial charge in [-0.1, -0.05) is 13.8 Å². The molecule has 1 rings (SSSR count). The lowest BCUT2D eigenvalue weighted by atomic mass is 9.89. The SMILES string of the molecule is CCOc1cc(NCC(C)(C)CCO)ccc1N. The number of anilines is 2. The number of aliphatic hydroxyl groups is 1. The zero-order valence-electron chi connectivity index (χ0n) is 11.5. The molecule has 0 aromatic heterocycles. The third-order valence-electron chi connectivity index (χ3n) is 2.87. The Bertz CT molecular complexity index is 378. The third kappa shape index (κ3) is 4.45. The number of hydrogen-bond donors (Lipinski definition) is 3. The van der Waals surface area contributed by atoms with Crippen LogP contribution in [0.25, 0.3) is 0 Å². The summed E-state index contributed by atoms with van der Waals surface area (Å²) in [6.07, 6.45) is 0.771. The molecule has 4 heteroatoms. The van der Waals surface area contributed by atoms with Crippen molar-refractivity contribution in [3.05, 3.63) is 18.2 Å². The van der Waals surface area contributed by atoms with Gasteiger partial charge >= 0.3 is 0 Å². The van der Waals surface area contributed by atoms with E-state index in [0.717, 1.165) is 18.7 Å². The van der Waals surface area contributed by atoms with E-state index in [1.807, 2.05) is 25.1 Å². The summed E-state index contributed by atoms with van der Waals surface area (Å²) >= 11 is 0. The van der Waals surface area contributed by atoms with E-state index in [-0.39, 0.29) is 12.0 Å². The zero-order valence-corrected chi connectivity index (χ0v) is 11.5. The molecular weight excluding hydrogens is 228 g/mol. The summed E-state index contributed by atoms with van der Waals surface area (Å²) in [5, 5.41) is 12.3. The third-order valence-corrected chi connectivity index (χ3v) is 2.87. The highest BCUT2D eigenvalue weighted by Crippen LogP contribution is 2.27. The standard InChI is InChI=1S/C14H24N2O2/c1-4-18-13-9-11(5-6-12(13)15)16-10-14(2,3)7-8-17/h5-6,9,16-17H,4,7-8,10,15H2,1-3H3. The van der Waals surface area contributed by atoms with Gasteiger partial charge in [-0.3, -0.25) is 0 Å². The Balaban J connectivity index is 2.65. The van der Waals surface area contributed by atoms with E-state index in [1.54, 1.807) is 0 Å². The molecule has 0 spiro atoms. The second-order valence-corrected chi connectivity index (χ2v) is 5.18. The number of hydrogen-bond acceptors (Lipinski definition) is 4. The summed E-state index contributed by atoms with van der Waals surface area (Å²) in [5.74, 6) is 0.711. The highest BCUT2D eigenvalue weighted by atomic mass is 16.5. The van der Waals surface area contributed by atoms with Crippen molar-refractivity contribution in [2.75, 3.05) is 30.8 Å². The fourth-order valence-electron chi connectivity index (χ4n) is 1.66. The van der Waals surface area contributed by atoms with E-state index >= 15 is 0 Å². The first-order valence-electron chi connectivity index (χ1n) is 6.35. The molecule has 1 aromatic rings. The predicted molar refractivity (Wildman–Crippen MR) is 76.0 cm³/mol. The average Bonchev–Trinajstić information content (AvgIpc) is 2.30. The van der Waals surface area contributed by atoms with Gasteiger partial charge in [-0.2, -0.15) is 0 Å². The topological polar surface area (TPSA) is 67.5 Å². The fraction of sp³-hybridized carbons (Fsp3) is 0.571. The molecule has 0 unspecified atom stereocenters. The predicted octanol–water partition coefficient (Wildman–Crippen LogP) is 2.49. The summed E-state index contributed by atoms with van der Waals surface area (Å²) in [7, 11) is 0. The molecule has 0 saturated carbocycles. The molecular formula is C14H24N2O2. The van der Waals surface area contributed by atoms with Crippen molar-refractivity contribution in [1.29, 1.82) is 0 Å². The molecule has 0 amide bonds. The fourth-order valence-corrected chi connectivity index (χ4v) is 1.66. The molecule has 0 bridgehead atoms. The minimum atomic E-state index is 0.0575. The van der Waals surface area contributed by atoms with Crippen molar-refractivity contribution in [3.63, 3.8) is 0 Å². The van der Waals surface area contributed by atoms with Crippen LogP contribution in [-0.4, -0.2) is 24.9 Å². The first-order valence-corrected chi connectivity index (χ1v) is 6.35. The molecule has 0 aliphatic heterocycles.